The number of rotatable bonds is 5. The van der Waals surface area contributed by atoms with E-state index >= 15 is 0 Å². The number of urea groups is 1. The number of carbonyl (C=O) groups is 2. The Morgan fingerprint density at radius 3 is 2.52 bits per heavy atom. The second-order valence-corrected chi connectivity index (χ2v) is 6.13. The zero-order valence-corrected chi connectivity index (χ0v) is 13.9. The molecule has 130 valence electrons. The Labute approximate surface area is 147 Å². The third-order valence-electron chi connectivity index (χ3n) is 4.33. The van der Waals surface area contributed by atoms with E-state index in [1.165, 1.54) is 0 Å². The van der Waals surface area contributed by atoms with Crippen molar-refractivity contribution in [3.63, 3.8) is 0 Å². The van der Waals surface area contributed by atoms with Crippen molar-refractivity contribution >= 4 is 17.6 Å². The van der Waals surface area contributed by atoms with Crippen molar-refractivity contribution in [3.8, 4) is 0 Å². The molecule has 1 aliphatic heterocycles. The van der Waals surface area contributed by atoms with Gasteiger partial charge in [-0.2, -0.15) is 0 Å². The van der Waals surface area contributed by atoms with Gasteiger partial charge in [-0.3, -0.25) is 4.79 Å². The third-order valence-corrected chi connectivity index (χ3v) is 4.33. The second kappa shape index (κ2) is 7.70. The number of hydrogen-bond acceptors (Lipinski definition) is 3. The van der Waals surface area contributed by atoms with Crippen LogP contribution in [0.15, 0.2) is 54.6 Å². The molecule has 0 bridgehead atoms. The molecule has 4 N–H and O–H groups in total. The third kappa shape index (κ3) is 4.29. The first-order valence-electron chi connectivity index (χ1n) is 8.35. The molecule has 0 aliphatic carbocycles. The van der Waals surface area contributed by atoms with Gasteiger partial charge < -0.3 is 21.3 Å². The Kier molecular flexibility index (Phi) is 5.18. The van der Waals surface area contributed by atoms with Crippen molar-refractivity contribution in [1.82, 2.24) is 10.2 Å². The summed E-state index contributed by atoms with van der Waals surface area (Å²) in [5.41, 5.74) is 7.81. The number of benzene rings is 2. The molecule has 0 unspecified atom stereocenters. The molecule has 3 amide bonds. The lowest BCUT2D eigenvalue weighted by Gasteiger charge is -2.16. The van der Waals surface area contributed by atoms with Gasteiger partial charge in [0.15, 0.2) is 0 Å². The van der Waals surface area contributed by atoms with Gasteiger partial charge in [0.05, 0.1) is 5.56 Å². The van der Waals surface area contributed by atoms with Gasteiger partial charge in [0, 0.05) is 31.4 Å². The Bertz CT molecular complexity index is 748. The van der Waals surface area contributed by atoms with Gasteiger partial charge >= 0.3 is 6.03 Å². The number of anilines is 1. The molecule has 3 rings (SSSR count). The molecule has 6 heteroatoms. The normalized spacial score (nSPS) is 16.5. The van der Waals surface area contributed by atoms with Gasteiger partial charge in [-0.05, 0) is 24.1 Å². The SMILES string of the molecule is NC(=O)N1CC[C@H](NC(=O)c2ccccc2NCc2ccccc2)C1. The zero-order chi connectivity index (χ0) is 17.6. The summed E-state index contributed by atoms with van der Waals surface area (Å²) < 4.78 is 0. The molecule has 2 aromatic carbocycles. The summed E-state index contributed by atoms with van der Waals surface area (Å²) in [6.45, 7) is 1.68. The summed E-state index contributed by atoms with van der Waals surface area (Å²) in [4.78, 5) is 25.4. The van der Waals surface area contributed by atoms with E-state index in [0.29, 0.717) is 31.6 Å². The smallest absolute Gasteiger partial charge is 0.314 e. The molecule has 2 aromatic rings. The molecular formula is C19H22N4O2. The highest BCUT2D eigenvalue weighted by Gasteiger charge is 2.26. The number of hydrogen-bond donors (Lipinski definition) is 3. The van der Waals surface area contributed by atoms with Crippen LogP contribution in [0.4, 0.5) is 10.5 Å². The first-order chi connectivity index (χ1) is 12.1. The number of likely N-dealkylation sites (tertiary alicyclic amines) is 1. The van der Waals surface area contributed by atoms with E-state index in [2.05, 4.69) is 10.6 Å². The number of nitrogens with one attached hydrogen (secondary N) is 2. The largest absolute Gasteiger partial charge is 0.380 e. The highest BCUT2D eigenvalue weighted by Crippen LogP contribution is 2.17. The van der Waals surface area contributed by atoms with Crippen molar-refractivity contribution in [2.75, 3.05) is 18.4 Å². The molecule has 1 saturated heterocycles. The maximum Gasteiger partial charge on any atom is 0.314 e. The minimum atomic E-state index is -0.443. The lowest BCUT2D eigenvalue weighted by atomic mass is 10.1. The zero-order valence-electron chi connectivity index (χ0n) is 13.9. The van der Waals surface area contributed by atoms with Gasteiger partial charge in [-0.15, -0.1) is 0 Å². The second-order valence-electron chi connectivity index (χ2n) is 6.13. The number of nitrogens with two attached hydrogens (primary N) is 1. The van der Waals surface area contributed by atoms with E-state index in [4.69, 9.17) is 5.73 Å². The summed E-state index contributed by atoms with van der Waals surface area (Å²) in [5, 5.41) is 6.31. The van der Waals surface area contributed by atoms with Crippen LogP contribution in [0.3, 0.4) is 0 Å². The van der Waals surface area contributed by atoms with Crippen LogP contribution in [0.25, 0.3) is 0 Å². The Morgan fingerprint density at radius 2 is 1.80 bits per heavy atom. The molecule has 6 nitrogen and oxygen atoms in total. The minimum absolute atomic E-state index is 0.0674. The predicted molar refractivity (Wildman–Crippen MR) is 97.2 cm³/mol. The molecule has 0 saturated carbocycles. The summed E-state index contributed by atoms with van der Waals surface area (Å²) in [6.07, 6.45) is 0.717. The Morgan fingerprint density at radius 1 is 1.08 bits per heavy atom. The summed E-state index contributed by atoms with van der Waals surface area (Å²) in [5.74, 6) is -0.146. The van der Waals surface area contributed by atoms with E-state index in [1.807, 2.05) is 48.5 Å². The average molecular weight is 338 g/mol. The quantitative estimate of drug-likeness (QED) is 0.781. The van der Waals surface area contributed by atoms with Crippen LogP contribution < -0.4 is 16.4 Å². The van der Waals surface area contributed by atoms with Crippen molar-refractivity contribution in [2.24, 2.45) is 5.73 Å². The van der Waals surface area contributed by atoms with E-state index in [1.54, 1.807) is 11.0 Å². The topological polar surface area (TPSA) is 87.5 Å². The maximum absolute atomic E-state index is 12.6. The minimum Gasteiger partial charge on any atom is -0.380 e. The fourth-order valence-electron chi connectivity index (χ4n) is 2.97. The molecule has 0 spiro atoms. The number of carbonyl (C=O) groups excluding carboxylic acids is 2. The number of nitrogens with zero attached hydrogens (tertiary/aromatic N) is 1. The van der Waals surface area contributed by atoms with E-state index in [0.717, 1.165) is 11.3 Å². The number of amides is 3. The standard InChI is InChI=1S/C19H22N4O2/c20-19(25)23-11-10-15(13-23)22-18(24)16-8-4-5-9-17(16)21-12-14-6-2-1-3-7-14/h1-9,15,21H,10-13H2,(H2,20,25)(H,22,24)/t15-/m0/s1. The Hall–Kier alpha value is -3.02. The molecule has 1 heterocycles. The molecule has 25 heavy (non-hydrogen) atoms. The number of para-hydroxylation sites is 1. The van der Waals surface area contributed by atoms with Crippen molar-refractivity contribution in [2.45, 2.75) is 19.0 Å². The van der Waals surface area contributed by atoms with Crippen molar-refractivity contribution in [1.29, 1.82) is 0 Å². The molecule has 0 radical (unpaired) electrons. The van der Waals surface area contributed by atoms with Gasteiger partial charge in [0.2, 0.25) is 0 Å². The van der Waals surface area contributed by atoms with Gasteiger partial charge in [-0.25, -0.2) is 4.79 Å². The van der Waals surface area contributed by atoms with Crippen LogP contribution in [0.1, 0.15) is 22.3 Å². The summed E-state index contributed by atoms with van der Waals surface area (Å²) in [7, 11) is 0. The van der Waals surface area contributed by atoms with Gasteiger partial charge in [0.25, 0.3) is 5.91 Å². The van der Waals surface area contributed by atoms with Crippen LogP contribution in [-0.2, 0) is 6.54 Å². The van der Waals surface area contributed by atoms with Crippen LogP contribution in [0, 0.1) is 0 Å². The lowest BCUT2D eigenvalue weighted by Crippen LogP contribution is -2.40. The van der Waals surface area contributed by atoms with E-state index < -0.39 is 6.03 Å². The first-order valence-corrected chi connectivity index (χ1v) is 8.35. The average Bonchev–Trinajstić information content (AvgIpc) is 3.10. The van der Waals surface area contributed by atoms with Gasteiger partial charge in [0.1, 0.15) is 0 Å². The van der Waals surface area contributed by atoms with Crippen LogP contribution in [0.5, 0.6) is 0 Å². The van der Waals surface area contributed by atoms with Crippen LogP contribution in [-0.4, -0.2) is 36.0 Å². The fourth-order valence-corrected chi connectivity index (χ4v) is 2.97. The first kappa shape index (κ1) is 16.8. The van der Waals surface area contributed by atoms with Crippen molar-refractivity contribution in [3.05, 3.63) is 65.7 Å². The van der Waals surface area contributed by atoms with Crippen molar-refractivity contribution < 1.29 is 9.59 Å². The fraction of sp³-hybridized carbons (Fsp3) is 0.263. The van der Waals surface area contributed by atoms with Crippen LogP contribution in [0.2, 0.25) is 0 Å². The molecule has 0 aromatic heterocycles. The van der Waals surface area contributed by atoms with Gasteiger partial charge in [-0.1, -0.05) is 42.5 Å². The summed E-state index contributed by atoms with van der Waals surface area (Å²) in [6, 6.07) is 16.9. The molecule has 1 atom stereocenters. The molecular weight excluding hydrogens is 316 g/mol. The van der Waals surface area contributed by atoms with E-state index in [9.17, 15) is 9.59 Å². The Balaban J connectivity index is 1.64. The summed E-state index contributed by atoms with van der Waals surface area (Å²) >= 11 is 0. The van der Waals surface area contributed by atoms with Crippen LogP contribution >= 0.6 is 0 Å². The monoisotopic (exact) mass is 338 g/mol. The maximum atomic E-state index is 12.6. The molecule has 1 aliphatic rings. The predicted octanol–water partition coefficient (Wildman–Crippen LogP) is 2.18. The lowest BCUT2D eigenvalue weighted by molar-refractivity contribution is 0.0939. The number of primary amides is 1. The highest BCUT2D eigenvalue weighted by atomic mass is 16.2. The molecule has 1 fully saturated rings. The van der Waals surface area contributed by atoms with E-state index in [-0.39, 0.29) is 11.9 Å². The highest BCUT2D eigenvalue weighted by molar-refractivity contribution is 5.99.